The van der Waals surface area contributed by atoms with Gasteiger partial charge in [0.25, 0.3) is 0 Å². The quantitative estimate of drug-likeness (QED) is 0.0761. The number of nitrogens with zero attached hydrogens (tertiary/aromatic N) is 2. The van der Waals surface area contributed by atoms with Crippen LogP contribution in [0.5, 0.6) is 69.0 Å². The largest absolute Gasteiger partial charge is 0.508 e. The summed E-state index contributed by atoms with van der Waals surface area (Å²) in [6.45, 7) is -0.691. The normalized spacial score (nSPS) is 20.8. The van der Waals surface area contributed by atoms with Gasteiger partial charge in [0.15, 0.2) is 35.6 Å². The van der Waals surface area contributed by atoms with Crippen LogP contribution in [-0.4, -0.2) is 108 Å². The average Bonchev–Trinajstić information content (AvgIpc) is 0.759. The second-order valence-electron chi connectivity index (χ2n) is 22.8. The summed E-state index contributed by atoms with van der Waals surface area (Å²) < 4.78 is 23.9. The maximum Gasteiger partial charge on any atom is 0.334 e. The first-order valence-electron chi connectivity index (χ1n) is 29.3. The van der Waals surface area contributed by atoms with Crippen LogP contribution in [0.2, 0.25) is 10.0 Å². The molecule has 28 heteroatoms. The van der Waals surface area contributed by atoms with Crippen LogP contribution in [-0.2, 0) is 51.3 Å². The number of benzene rings is 8. The van der Waals surface area contributed by atoms with E-state index in [0.29, 0.717) is 5.56 Å². The van der Waals surface area contributed by atoms with E-state index in [-0.39, 0.29) is 63.2 Å². The number of rotatable bonds is 5. The molecule has 0 spiro atoms. The Bertz CT molecular complexity index is 4570. The van der Waals surface area contributed by atoms with Crippen molar-refractivity contribution in [2.24, 2.45) is 0 Å². The first-order valence-corrected chi connectivity index (χ1v) is 30.1. The summed E-state index contributed by atoms with van der Waals surface area (Å²) >= 11 is 13.8. The number of amides is 6. The minimum absolute atomic E-state index is 0.0365. The number of hydrogen-bond acceptors (Lipinski definition) is 20. The van der Waals surface area contributed by atoms with Crippen molar-refractivity contribution >= 4 is 64.6 Å². The van der Waals surface area contributed by atoms with Crippen LogP contribution < -0.4 is 46.1 Å². The standard InChI is InChI=1S/C68H54Cl2N8O18/c1-78(29-31-5-3-2-4-6-31)59-33-10-15-45(81)49(22-33)95-38-27-41(53(70)47(83)28-38)56-65(89)74-55-35-23-50(94-37-12-7-30(8-13-37)19-43(62(86)75-56)72-67(59)91)61(85)51(24-35)96-48-16-11-34(21-42(48)69)60(84)58-66(90)76-57(68(92)93-18-17-71)40-25-36(79)26-46(82)52(40)39-20-32(9-14-44(39)80)54(63(87)77-58)73-64(55)88/h2-16,20-28,43,54-60,79-85H,18-19,29H2,1H3,(H,72,91)(H,73,88)(H,74,89)(H,75,86)(H,76,90)(H,77,87). The molecule has 8 unspecified atom stereocenters. The molecule has 6 aliphatic heterocycles. The summed E-state index contributed by atoms with van der Waals surface area (Å²) in [6.07, 6.45) is -2.42. The third-order valence-corrected chi connectivity index (χ3v) is 17.1. The number of carbonyl (C=O) groups is 7. The van der Waals surface area contributed by atoms with Crippen LogP contribution in [0, 0.1) is 11.3 Å². The van der Waals surface area contributed by atoms with Gasteiger partial charge in [0, 0.05) is 47.4 Å². The topological polar surface area (TPSA) is 397 Å². The molecule has 0 aliphatic carbocycles. The SMILES string of the molecule is CN(Cc1ccccc1)C1C(=O)NC2Cc3ccc(cc3)Oc3cc4cc(c3O)Oc3ccc(cc3Cl)C(O)C3NC(=O)C(NC(=O)C4NC(=O)C(NC2=O)c2cc(cc(O)c2Cl)Oc2cc1ccc2O)c1ccc(O)c(c1)-c1c(O)cc(O)cc1C(C(=O)OCC#N)NC3=O. The third kappa shape index (κ3) is 12.9. The number of esters is 1. The second kappa shape index (κ2) is 26.3. The molecule has 0 saturated heterocycles. The maximum atomic E-state index is 15.9. The molecule has 0 fully saturated rings. The van der Waals surface area contributed by atoms with Gasteiger partial charge in [-0.1, -0.05) is 83.9 Å². The van der Waals surface area contributed by atoms with Crippen LogP contribution in [0.15, 0.2) is 146 Å². The number of ether oxygens (including phenoxy) is 4. The second-order valence-corrected chi connectivity index (χ2v) is 23.6. The molecule has 26 nitrogen and oxygen atoms in total. The molecule has 96 heavy (non-hydrogen) atoms. The van der Waals surface area contributed by atoms with Gasteiger partial charge in [-0.05, 0) is 113 Å². The minimum Gasteiger partial charge on any atom is -0.508 e. The lowest BCUT2D eigenvalue weighted by Crippen LogP contribution is -2.55. The highest BCUT2D eigenvalue weighted by Gasteiger charge is 2.42. The van der Waals surface area contributed by atoms with E-state index in [1.54, 1.807) is 30.1 Å². The van der Waals surface area contributed by atoms with Crippen LogP contribution in [0.3, 0.4) is 0 Å². The van der Waals surface area contributed by atoms with E-state index in [1.807, 2.05) is 30.3 Å². The highest BCUT2D eigenvalue weighted by Crippen LogP contribution is 2.48. The summed E-state index contributed by atoms with van der Waals surface area (Å²) in [5.74, 6) is -14.2. The monoisotopic (exact) mass is 1340 g/mol. The minimum atomic E-state index is -2.21. The molecule has 6 aliphatic rings. The van der Waals surface area contributed by atoms with Gasteiger partial charge in [-0.3, -0.25) is 33.7 Å². The molecular formula is C68H54Cl2N8O18. The molecule has 8 atom stereocenters. The molecule has 0 aromatic heterocycles. The Morgan fingerprint density at radius 3 is 1.95 bits per heavy atom. The number of phenols is 6. The summed E-state index contributed by atoms with van der Waals surface area (Å²) in [5, 5.41) is 106. The Morgan fingerprint density at radius 1 is 0.573 bits per heavy atom. The molecule has 6 amide bonds. The van der Waals surface area contributed by atoms with Crippen molar-refractivity contribution in [3.05, 3.63) is 200 Å². The van der Waals surface area contributed by atoms with Crippen molar-refractivity contribution in [1.82, 2.24) is 36.8 Å². The molecule has 488 valence electrons. The Balaban J connectivity index is 1.06. The van der Waals surface area contributed by atoms with E-state index in [9.17, 15) is 50.6 Å². The molecule has 14 rings (SSSR count). The fourth-order valence-corrected chi connectivity index (χ4v) is 12.2. The summed E-state index contributed by atoms with van der Waals surface area (Å²) in [7, 11) is 1.66. The molecule has 8 aromatic rings. The Morgan fingerprint density at radius 2 is 1.22 bits per heavy atom. The third-order valence-electron chi connectivity index (χ3n) is 16.4. The Hall–Kier alpha value is -11.8. The van der Waals surface area contributed by atoms with Crippen molar-refractivity contribution in [1.29, 1.82) is 5.26 Å². The first-order chi connectivity index (χ1) is 46.0. The van der Waals surface area contributed by atoms with E-state index < -0.39 is 170 Å². The highest BCUT2D eigenvalue weighted by atomic mass is 35.5. The number of hydrogen-bond donors (Lipinski definition) is 13. The van der Waals surface area contributed by atoms with Crippen LogP contribution >= 0.6 is 23.2 Å². The van der Waals surface area contributed by atoms with E-state index >= 15 is 24.0 Å². The van der Waals surface area contributed by atoms with Crippen LogP contribution in [0.4, 0.5) is 0 Å². The molecular weight excluding hydrogens is 1290 g/mol. The summed E-state index contributed by atoms with van der Waals surface area (Å²) in [5.41, 5.74) is -1.00. The van der Waals surface area contributed by atoms with E-state index in [0.717, 1.165) is 66.2 Å². The van der Waals surface area contributed by atoms with Gasteiger partial charge in [0.2, 0.25) is 41.2 Å². The van der Waals surface area contributed by atoms with Gasteiger partial charge in [-0.25, -0.2) is 4.79 Å². The molecule has 8 aromatic carbocycles. The van der Waals surface area contributed by atoms with Gasteiger partial charge < -0.3 is 86.6 Å². The number of fused-ring (bicyclic) bond motifs is 14. The lowest BCUT2D eigenvalue weighted by molar-refractivity contribution is -0.147. The zero-order chi connectivity index (χ0) is 68.0. The average molecular weight is 1340 g/mol. The maximum absolute atomic E-state index is 15.9. The van der Waals surface area contributed by atoms with Gasteiger partial charge in [0.05, 0.1) is 10.0 Å². The molecule has 6 heterocycles. The Labute approximate surface area is 553 Å². The number of nitriles is 1. The van der Waals surface area contributed by atoms with Crippen molar-refractivity contribution in [2.45, 2.75) is 61.4 Å². The molecule has 0 radical (unpaired) electrons. The number of aliphatic hydroxyl groups is 1. The van der Waals surface area contributed by atoms with Crippen molar-refractivity contribution in [3.8, 4) is 86.2 Å². The van der Waals surface area contributed by atoms with Gasteiger partial charge in [-0.15, -0.1) is 0 Å². The number of aliphatic hydroxyl groups excluding tert-OH is 1. The summed E-state index contributed by atoms with van der Waals surface area (Å²) in [6, 6.07) is 20.4. The zero-order valence-electron chi connectivity index (χ0n) is 49.9. The molecule has 13 N–H and O–H groups in total. The Kier molecular flexibility index (Phi) is 17.6. The van der Waals surface area contributed by atoms with Crippen molar-refractivity contribution in [2.75, 3.05) is 13.7 Å². The van der Waals surface area contributed by atoms with Gasteiger partial charge in [-0.2, -0.15) is 5.26 Å². The van der Waals surface area contributed by atoms with Crippen LogP contribution in [0.1, 0.15) is 80.8 Å². The number of nitrogens with one attached hydrogen (secondary N) is 6. The summed E-state index contributed by atoms with van der Waals surface area (Å²) in [4.78, 5) is 108. The van der Waals surface area contributed by atoms with E-state index in [1.165, 1.54) is 42.5 Å². The smallest absolute Gasteiger partial charge is 0.334 e. The van der Waals surface area contributed by atoms with E-state index in [2.05, 4.69) is 31.9 Å². The number of aromatic hydroxyl groups is 6. The number of carbonyl (C=O) groups excluding carboxylic acids is 7. The van der Waals surface area contributed by atoms with Crippen LogP contribution in [0.25, 0.3) is 11.1 Å². The zero-order valence-corrected chi connectivity index (χ0v) is 51.4. The van der Waals surface area contributed by atoms with Gasteiger partial charge >= 0.3 is 5.97 Å². The fourth-order valence-electron chi connectivity index (χ4n) is 11.8. The van der Waals surface area contributed by atoms with Gasteiger partial charge in [0.1, 0.15) is 88.7 Å². The predicted molar refractivity (Wildman–Crippen MR) is 338 cm³/mol. The number of likely N-dealkylation sites (N-methyl/N-ethyl adjacent to an activating group) is 1. The highest BCUT2D eigenvalue weighted by molar-refractivity contribution is 6.33. The first kappa shape index (κ1) is 64.3. The lowest BCUT2D eigenvalue weighted by Gasteiger charge is -2.32. The van der Waals surface area contributed by atoms with E-state index in [4.69, 9.17) is 42.1 Å². The van der Waals surface area contributed by atoms with Crippen molar-refractivity contribution in [3.63, 3.8) is 0 Å². The number of halogens is 2. The van der Waals surface area contributed by atoms with Crippen molar-refractivity contribution < 1.29 is 88.3 Å². The predicted octanol–water partition coefficient (Wildman–Crippen LogP) is 7.14. The molecule has 17 bridgehead atoms. The lowest BCUT2D eigenvalue weighted by atomic mass is 9.89. The fraction of sp³-hybridized carbons (Fsp3) is 0.176. The number of phenolic OH excluding ortho intramolecular Hbond substituents is 6. The molecule has 0 saturated carbocycles.